The highest BCUT2D eigenvalue weighted by Crippen LogP contribution is 2.13. The van der Waals surface area contributed by atoms with Crippen molar-refractivity contribution < 1.29 is 15.0 Å². The predicted molar refractivity (Wildman–Crippen MR) is 97.8 cm³/mol. The fourth-order valence-electron chi connectivity index (χ4n) is 2.61. The molecule has 0 amide bonds. The molecule has 0 aliphatic carbocycles. The molecule has 2 N–H and O–H groups in total. The zero-order valence-corrected chi connectivity index (χ0v) is 14.9. The van der Waals surface area contributed by atoms with Crippen molar-refractivity contribution in [3.05, 3.63) is 24.0 Å². The number of hydrogen-bond acceptors (Lipinski definition) is 2. The van der Waals surface area contributed by atoms with Crippen LogP contribution in [0.4, 0.5) is 0 Å². The van der Waals surface area contributed by atoms with Crippen LogP contribution in [0.2, 0.25) is 0 Å². The second-order valence-corrected chi connectivity index (χ2v) is 6.32. The van der Waals surface area contributed by atoms with Crippen molar-refractivity contribution in [1.82, 2.24) is 0 Å². The minimum atomic E-state index is -1.28. The van der Waals surface area contributed by atoms with Gasteiger partial charge in [0.1, 0.15) is 0 Å². The van der Waals surface area contributed by atoms with Gasteiger partial charge in [-0.2, -0.15) is 0 Å². The Morgan fingerprint density at radius 3 is 1.61 bits per heavy atom. The van der Waals surface area contributed by atoms with E-state index in [1.807, 2.05) is 6.08 Å². The van der Waals surface area contributed by atoms with Crippen LogP contribution in [0.1, 0.15) is 96.8 Å². The molecule has 3 heteroatoms. The molecule has 0 saturated heterocycles. The molecule has 0 heterocycles. The van der Waals surface area contributed by atoms with Gasteiger partial charge in [0.05, 0.1) is 0 Å². The van der Waals surface area contributed by atoms with Crippen LogP contribution in [-0.4, -0.2) is 16.2 Å². The lowest BCUT2D eigenvalue weighted by molar-refractivity contribution is -0.135. The Morgan fingerprint density at radius 2 is 1.17 bits per heavy atom. The first-order chi connectivity index (χ1) is 11.2. The number of hydrogen-bond donors (Lipinski definition) is 2. The van der Waals surface area contributed by atoms with Crippen LogP contribution in [-0.2, 0) is 4.79 Å². The van der Waals surface area contributed by atoms with E-state index in [9.17, 15) is 4.79 Å². The summed E-state index contributed by atoms with van der Waals surface area (Å²) in [5, 5.41) is 17.4. The lowest BCUT2D eigenvalue weighted by Gasteiger charge is -2.02. The average Bonchev–Trinajstić information content (AvgIpc) is 2.54. The fourth-order valence-corrected chi connectivity index (χ4v) is 2.61. The monoisotopic (exact) mass is 324 g/mol. The molecule has 0 saturated carbocycles. The fraction of sp³-hybridized carbons (Fsp3) is 0.750. The van der Waals surface area contributed by atoms with Gasteiger partial charge < -0.3 is 10.2 Å². The molecule has 0 aromatic rings. The zero-order chi connectivity index (χ0) is 17.2. The van der Waals surface area contributed by atoms with Crippen LogP contribution in [0.5, 0.6) is 0 Å². The van der Waals surface area contributed by atoms with Crippen molar-refractivity contribution in [2.24, 2.45) is 0 Å². The van der Waals surface area contributed by atoms with Gasteiger partial charge in [-0.3, -0.25) is 0 Å². The maximum atomic E-state index is 10.3. The third-order valence-electron chi connectivity index (χ3n) is 4.08. The highest BCUT2D eigenvalue weighted by molar-refractivity contribution is 5.83. The summed E-state index contributed by atoms with van der Waals surface area (Å²) in [6, 6.07) is 0. The maximum absolute atomic E-state index is 10.3. The Morgan fingerprint density at radius 1 is 0.739 bits per heavy atom. The normalized spacial score (nSPS) is 12.1. The van der Waals surface area contributed by atoms with Gasteiger partial charge in [-0.25, -0.2) is 4.79 Å². The number of carbonyl (C=O) groups is 1. The molecule has 0 fully saturated rings. The Bertz CT molecular complexity index is 332. The molecule has 0 aromatic carbocycles. The molecule has 0 aliphatic rings. The van der Waals surface area contributed by atoms with Gasteiger partial charge in [-0.15, -0.1) is 0 Å². The van der Waals surface area contributed by atoms with Gasteiger partial charge >= 0.3 is 5.97 Å². The first kappa shape index (κ1) is 21.8. The van der Waals surface area contributed by atoms with E-state index in [2.05, 4.69) is 6.92 Å². The second-order valence-electron chi connectivity index (χ2n) is 6.32. The Hall–Kier alpha value is -1.25. The number of aliphatic hydroxyl groups excluding tert-OH is 1. The van der Waals surface area contributed by atoms with E-state index in [0.717, 1.165) is 12.8 Å². The van der Waals surface area contributed by atoms with E-state index in [0.29, 0.717) is 0 Å². The number of aliphatic hydroxyl groups is 1. The molecule has 0 bridgehead atoms. The van der Waals surface area contributed by atoms with E-state index in [1.54, 1.807) is 6.08 Å². The SMILES string of the molecule is CCCCCCCCCCCCCCCC=CC=C(O)C(=O)O. The molecule has 134 valence electrons. The van der Waals surface area contributed by atoms with E-state index < -0.39 is 11.7 Å². The van der Waals surface area contributed by atoms with Crippen LogP contribution in [0.15, 0.2) is 24.0 Å². The number of unbranched alkanes of at least 4 members (excludes halogenated alkanes) is 13. The second kappa shape index (κ2) is 17.1. The van der Waals surface area contributed by atoms with Crippen molar-refractivity contribution >= 4 is 5.97 Å². The topological polar surface area (TPSA) is 57.5 Å². The molecule has 0 rings (SSSR count). The van der Waals surface area contributed by atoms with Crippen LogP contribution in [0.3, 0.4) is 0 Å². The quantitative estimate of drug-likeness (QED) is 0.146. The molecule has 0 aromatic heterocycles. The van der Waals surface area contributed by atoms with Crippen molar-refractivity contribution in [1.29, 1.82) is 0 Å². The number of allylic oxidation sites excluding steroid dienone is 3. The van der Waals surface area contributed by atoms with E-state index in [4.69, 9.17) is 10.2 Å². The van der Waals surface area contributed by atoms with Gasteiger partial charge in [0.15, 0.2) is 0 Å². The highest BCUT2D eigenvalue weighted by atomic mass is 16.4. The van der Waals surface area contributed by atoms with Crippen LogP contribution >= 0.6 is 0 Å². The molecular formula is C20H36O3. The van der Waals surface area contributed by atoms with Gasteiger partial charge in [-0.05, 0) is 18.9 Å². The van der Waals surface area contributed by atoms with Gasteiger partial charge in [0, 0.05) is 0 Å². The van der Waals surface area contributed by atoms with Crippen molar-refractivity contribution in [3.63, 3.8) is 0 Å². The predicted octanol–water partition coefficient (Wildman–Crippen LogP) is 6.55. The first-order valence-electron chi connectivity index (χ1n) is 9.47. The van der Waals surface area contributed by atoms with Gasteiger partial charge in [0.2, 0.25) is 5.76 Å². The van der Waals surface area contributed by atoms with Crippen molar-refractivity contribution in [3.8, 4) is 0 Å². The summed E-state index contributed by atoms with van der Waals surface area (Å²) >= 11 is 0. The highest BCUT2D eigenvalue weighted by Gasteiger charge is 1.99. The third-order valence-corrected chi connectivity index (χ3v) is 4.08. The van der Waals surface area contributed by atoms with Gasteiger partial charge in [-0.1, -0.05) is 96.1 Å². The smallest absolute Gasteiger partial charge is 0.370 e. The zero-order valence-electron chi connectivity index (χ0n) is 14.9. The summed E-state index contributed by atoms with van der Waals surface area (Å²) in [6.45, 7) is 2.26. The largest absolute Gasteiger partial charge is 0.502 e. The standard InChI is InChI=1S/C20H36O3/c1-2-3-4-5-6-7-8-9-10-11-12-13-14-15-16-17-18-19(21)20(22)23/h16-18,21H,2-15H2,1H3,(H,22,23). The van der Waals surface area contributed by atoms with Crippen LogP contribution < -0.4 is 0 Å². The van der Waals surface area contributed by atoms with Crippen molar-refractivity contribution in [2.75, 3.05) is 0 Å². The molecule has 0 spiro atoms. The molecule has 0 radical (unpaired) electrons. The summed E-state index contributed by atoms with van der Waals surface area (Å²) in [7, 11) is 0. The number of carboxylic acid groups (broad SMARTS) is 1. The van der Waals surface area contributed by atoms with Crippen molar-refractivity contribution in [2.45, 2.75) is 96.8 Å². The lowest BCUT2D eigenvalue weighted by atomic mass is 10.0. The third kappa shape index (κ3) is 16.9. The minimum Gasteiger partial charge on any atom is -0.502 e. The molecule has 0 unspecified atom stereocenters. The summed E-state index contributed by atoms with van der Waals surface area (Å²) in [4.78, 5) is 10.3. The molecule has 0 aliphatic heterocycles. The Kier molecular flexibility index (Phi) is 16.2. The van der Waals surface area contributed by atoms with Gasteiger partial charge in [0.25, 0.3) is 0 Å². The molecule has 0 atom stereocenters. The summed E-state index contributed by atoms with van der Waals surface area (Å²) < 4.78 is 0. The average molecular weight is 325 g/mol. The summed E-state index contributed by atoms with van der Waals surface area (Å²) in [5.41, 5.74) is 0. The molecule has 3 nitrogen and oxygen atoms in total. The van der Waals surface area contributed by atoms with Crippen LogP contribution in [0, 0.1) is 0 Å². The first-order valence-corrected chi connectivity index (χ1v) is 9.47. The lowest BCUT2D eigenvalue weighted by Crippen LogP contribution is -1.97. The summed E-state index contributed by atoms with van der Waals surface area (Å²) in [5.74, 6) is -1.89. The number of rotatable bonds is 16. The van der Waals surface area contributed by atoms with E-state index in [1.165, 1.54) is 83.1 Å². The van der Waals surface area contributed by atoms with E-state index >= 15 is 0 Å². The molecular weight excluding hydrogens is 288 g/mol. The Balaban J connectivity index is 3.21. The van der Waals surface area contributed by atoms with Crippen LogP contribution in [0.25, 0.3) is 0 Å². The molecule has 23 heavy (non-hydrogen) atoms. The van der Waals surface area contributed by atoms with E-state index in [-0.39, 0.29) is 0 Å². The number of carboxylic acids is 1. The summed E-state index contributed by atoms with van der Waals surface area (Å²) in [6.07, 6.45) is 23.2. The Labute approximate surface area is 142 Å². The minimum absolute atomic E-state index is 0.605. The maximum Gasteiger partial charge on any atom is 0.370 e. The number of aliphatic carboxylic acids is 1.